The number of nitrogens with zero attached hydrogens (tertiary/aromatic N) is 4. The number of likely N-dealkylation sites (tertiary alicyclic amines) is 2. The molecule has 4 aromatic carbocycles. The number of ether oxygens (including phenoxy) is 2. The predicted octanol–water partition coefficient (Wildman–Crippen LogP) is 12.8. The first-order valence-electron chi connectivity index (χ1n) is 28.2. The number of hydrogen-bond acceptors (Lipinski definition) is 8. The van der Waals surface area contributed by atoms with Crippen molar-refractivity contribution in [3.05, 3.63) is 129 Å². The normalized spacial score (nSPS) is 27.4. The van der Waals surface area contributed by atoms with Crippen LogP contribution in [0.5, 0.6) is 11.5 Å². The maximum absolute atomic E-state index is 14.0. The van der Waals surface area contributed by atoms with Gasteiger partial charge in [0.2, 0.25) is 11.8 Å². The van der Waals surface area contributed by atoms with Crippen LogP contribution in [0.1, 0.15) is 159 Å². The molecule has 12 nitrogen and oxygen atoms in total. The third-order valence-corrected chi connectivity index (χ3v) is 19.0. The second-order valence-corrected chi connectivity index (χ2v) is 24.2. The molecule has 4 fully saturated rings. The number of carbonyl (C=O) groups excluding carboxylic acids is 2. The fraction of sp³-hybridized carbons (Fsp3) is 0.548. The molecule has 4 aromatic rings. The molecule has 0 radical (unpaired) electrons. The summed E-state index contributed by atoms with van der Waals surface area (Å²) in [6.07, 6.45) is -2.42. The van der Waals surface area contributed by atoms with Crippen LogP contribution in [0, 0.1) is 34.5 Å². The highest BCUT2D eigenvalue weighted by atomic mass is 19.4. The van der Waals surface area contributed by atoms with Crippen molar-refractivity contribution in [3.63, 3.8) is 0 Å². The van der Waals surface area contributed by atoms with Crippen molar-refractivity contribution in [1.29, 1.82) is 0 Å². The Morgan fingerprint density at radius 3 is 1.29 bits per heavy atom. The molecule has 2 amide bonds. The van der Waals surface area contributed by atoms with Crippen LogP contribution in [0.4, 0.5) is 26.3 Å². The lowest BCUT2D eigenvalue weighted by atomic mass is 9.74. The molecule has 0 unspecified atom stereocenters. The van der Waals surface area contributed by atoms with Gasteiger partial charge in [-0.05, 0) is 172 Å². The number of rotatable bonds is 10. The number of alkyl halides is 6. The predicted molar refractivity (Wildman–Crippen MR) is 288 cm³/mol. The van der Waals surface area contributed by atoms with Crippen molar-refractivity contribution in [2.24, 2.45) is 34.5 Å². The number of amides is 2. The second kappa shape index (κ2) is 23.0. The molecule has 6 aliphatic rings. The molecule has 2 saturated heterocycles. The summed E-state index contributed by atoms with van der Waals surface area (Å²) in [5.41, 5.74) is 0.826. The van der Waals surface area contributed by atoms with E-state index < -0.39 is 46.2 Å². The standard InChI is InChI=1S/2C31H37F3N2O4/c2*1-19(2)30(29(39)36-17-23-14-24(31(32,33)34)7-8-27(23)40-18-36)11-9-25(15-30)35-12-10-26(20(3)16-35)21-5-4-6-22(13-21)28(37)38/h2*4-8,13-14,19-20,25-26H,9-12,15-18H2,1-3H3,(H,37,38)/t20-,25+,26-,30-;20-,25-,26-,30+/m01/s1. The third-order valence-electron chi connectivity index (χ3n) is 19.0. The van der Waals surface area contributed by atoms with Crippen LogP contribution in [0.15, 0.2) is 84.9 Å². The summed E-state index contributed by atoms with van der Waals surface area (Å²) in [6, 6.07) is 21.8. The van der Waals surface area contributed by atoms with E-state index in [9.17, 15) is 55.7 Å². The van der Waals surface area contributed by atoms with E-state index in [0.717, 1.165) is 100 Å². The summed E-state index contributed by atoms with van der Waals surface area (Å²) in [5, 5.41) is 18.8. The third kappa shape index (κ3) is 11.9. The summed E-state index contributed by atoms with van der Waals surface area (Å²) < 4.78 is 91.2. The van der Waals surface area contributed by atoms with E-state index in [-0.39, 0.29) is 74.1 Å². The topological polar surface area (TPSA) is 140 Å². The van der Waals surface area contributed by atoms with Gasteiger partial charge in [-0.15, -0.1) is 0 Å². The zero-order valence-electron chi connectivity index (χ0n) is 46.4. The number of piperidine rings is 2. The van der Waals surface area contributed by atoms with E-state index in [1.54, 1.807) is 34.1 Å². The van der Waals surface area contributed by atoms with Crippen molar-refractivity contribution in [1.82, 2.24) is 19.6 Å². The molecular weight excluding hydrogens is 1040 g/mol. The van der Waals surface area contributed by atoms with Crippen LogP contribution in [-0.4, -0.2) is 105 Å². The number of carboxylic acid groups (broad SMARTS) is 2. The quantitative estimate of drug-likeness (QED) is 0.148. The maximum atomic E-state index is 14.0. The molecule has 0 aromatic heterocycles. The summed E-state index contributed by atoms with van der Waals surface area (Å²) in [6.45, 7) is 16.4. The van der Waals surface area contributed by atoms with E-state index in [1.165, 1.54) is 12.1 Å². The highest BCUT2D eigenvalue weighted by Crippen LogP contribution is 2.51. The first-order chi connectivity index (χ1) is 37.8. The zero-order valence-corrected chi connectivity index (χ0v) is 46.4. The molecule has 0 bridgehead atoms. The zero-order chi connectivity index (χ0) is 57.6. The number of benzene rings is 4. The minimum Gasteiger partial charge on any atom is -0.478 e. The smallest absolute Gasteiger partial charge is 0.416 e. The minimum atomic E-state index is -4.46. The van der Waals surface area contributed by atoms with Gasteiger partial charge >= 0.3 is 24.3 Å². The van der Waals surface area contributed by atoms with E-state index in [2.05, 4.69) is 51.3 Å². The Morgan fingerprint density at radius 2 is 0.950 bits per heavy atom. The Morgan fingerprint density at radius 1 is 0.562 bits per heavy atom. The minimum absolute atomic E-state index is 0.0359. The van der Waals surface area contributed by atoms with Gasteiger partial charge in [0.1, 0.15) is 11.5 Å². The molecule has 18 heteroatoms. The summed E-state index contributed by atoms with van der Waals surface area (Å²) in [5.74, 6) is 0.227. The lowest BCUT2D eigenvalue weighted by Crippen LogP contribution is -2.49. The van der Waals surface area contributed by atoms with Crippen LogP contribution >= 0.6 is 0 Å². The van der Waals surface area contributed by atoms with Crippen LogP contribution in [-0.2, 0) is 35.0 Å². The molecule has 4 heterocycles. The summed E-state index contributed by atoms with van der Waals surface area (Å²) in [7, 11) is 0. The van der Waals surface area contributed by atoms with E-state index >= 15 is 0 Å². The average Bonchev–Trinajstić information content (AvgIpc) is 4.23. The lowest BCUT2D eigenvalue weighted by Gasteiger charge is -2.42. The molecule has 80 heavy (non-hydrogen) atoms. The molecule has 0 spiro atoms. The van der Waals surface area contributed by atoms with E-state index in [1.807, 2.05) is 24.3 Å². The second-order valence-electron chi connectivity index (χ2n) is 24.2. The molecule has 432 valence electrons. The Bertz CT molecular complexity index is 2750. The van der Waals surface area contributed by atoms with Gasteiger partial charge < -0.3 is 39.3 Å². The number of aromatic carboxylic acids is 2. The van der Waals surface area contributed by atoms with Crippen LogP contribution in [0.25, 0.3) is 0 Å². The van der Waals surface area contributed by atoms with E-state index in [0.29, 0.717) is 58.4 Å². The number of carboxylic acids is 2. The van der Waals surface area contributed by atoms with E-state index in [4.69, 9.17) is 9.47 Å². The summed E-state index contributed by atoms with van der Waals surface area (Å²) in [4.78, 5) is 59.1. The number of carbonyl (C=O) groups is 4. The molecule has 2 N–H and O–H groups in total. The van der Waals surface area contributed by atoms with Crippen molar-refractivity contribution in [3.8, 4) is 11.5 Å². The Balaban J connectivity index is 0.000000194. The first-order valence-corrected chi connectivity index (χ1v) is 28.2. The van der Waals surface area contributed by atoms with Gasteiger partial charge in [-0.3, -0.25) is 9.59 Å². The summed E-state index contributed by atoms with van der Waals surface area (Å²) >= 11 is 0. The molecular formula is C62H74F6N4O8. The SMILES string of the molecule is CC(C)[C@]1(C(=O)N2COc3ccc(C(F)(F)F)cc3C2)CC[C@@H](N2CC[C@@H](c3cccc(C(=O)O)c3)[C@H](C)C2)C1.CC(C)[C@]1(C(=O)N2COc3ccc(C(F)(F)F)cc3C2)CC[C@@H](N2CC[C@H](c3cccc(C(=O)O)c3)[C@@H](C)C2)C1. The van der Waals surface area contributed by atoms with Gasteiger partial charge in [-0.1, -0.05) is 65.8 Å². The van der Waals surface area contributed by atoms with Crippen molar-refractivity contribution < 1.29 is 65.2 Å². The van der Waals surface area contributed by atoms with Gasteiger partial charge in [0.15, 0.2) is 13.5 Å². The molecule has 2 saturated carbocycles. The monoisotopic (exact) mass is 1120 g/mol. The fourth-order valence-electron chi connectivity index (χ4n) is 14.2. The molecule has 8 atom stereocenters. The van der Waals surface area contributed by atoms with Gasteiger partial charge in [0, 0.05) is 36.3 Å². The van der Waals surface area contributed by atoms with Crippen LogP contribution < -0.4 is 9.47 Å². The largest absolute Gasteiger partial charge is 0.478 e. The average molecular weight is 1120 g/mol. The Hall–Kier alpha value is -6.14. The van der Waals surface area contributed by atoms with Gasteiger partial charge in [-0.25, -0.2) is 9.59 Å². The molecule has 2 aliphatic carbocycles. The Kier molecular flexibility index (Phi) is 16.8. The van der Waals surface area contributed by atoms with Gasteiger partial charge in [-0.2, -0.15) is 26.3 Å². The van der Waals surface area contributed by atoms with Crippen LogP contribution in [0.3, 0.4) is 0 Å². The number of hydrogen-bond donors (Lipinski definition) is 2. The number of halogens is 6. The van der Waals surface area contributed by atoms with Crippen molar-refractivity contribution in [2.75, 3.05) is 39.6 Å². The highest BCUT2D eigenvalue weighted by Gasteiger charge is 2.53. The molecule has 4 aliphatic heterocycles. The van der Waals surface area contributed by atoms with Crippen molar-refractivity contribution in [2.45, 2.75) is 142 Å². The number of fused-ring (bicyclic) bond motifs is 2. The van der Waals surface area contributed by atoms with Crippen molar-refractivity contribution >= 4 is 23.8 Å². The first kappa shape index (κ1) is 58.5. The fourth-order valence-corrected chi connectivity index (χ4v) is 14.2. The molecule has 10 rings (SSSR count). The Labute approximate surface area is 464 Å². The highest BCUT2D eigenvalue weighted by molar-refractivity contribution is 5.88. The maximum Gasteiger partial charge on any atom is 0.416 e. The lowest BCUT2D eigenvalue weighted by molar-refractivity contribution is -0.151. The van der Waals surface area contributed by atoms with Crippen LogP contribution in [0.2, 0.25) is 0 Å². The van der Waals surface area contributed by atoms with Gasteiger partial charge in [0.05, 0.1) is 46.2 Å². The van der Waals surface area contributed by atoms with Gasteiger partial charge in [0.25, 0.3) is 0 Å².